The second-order valence-corrected chi connectivity index (χ2v) is 7.91. The van der Waals surface area contributed by atoms with Gasteiger partial charge in [0.05, 0.1) is 22.4 Å². The number of carbonyl (C=O) groups is 1. The van der Waals surface area contributed by atoms with Crippen molar-refractivity contribution in [1.82, 2.24) is 9.66 Å². The molecule has 0 bridgehead atoms. The Morgan fingerprint density at radius 1 is 1.13 bits per heavy atom. The largest absolute Gasteiger partial charge is 0.389 e. The molecule has 6 nitrogen and oxygen atoms in total. The highest BCUT2D eigenvalue weighted by molar-refractivity contribution is 5.90. The lowest BCUT2D eigenvalue weighted by molar-refractivity contribution is -0.118. The topological polar surface area (TPSA) is 84.2 Å². The molecule has 3 rings (SSSR count). The van der Waals surface area contributed by atoms with Gasteiger partial charge in [0.1, 0.15) is 5.82 Å². The van der Waals surface area contributed by atoms with Crippen LogP contribution in [0.1, 0.15) is 63.8 Å². The first-order chi connectivity index (χ1) is 14.3. The summed E-state index contributed by atoms with van der Waals surface area (Å²) < 4.78 is 1.21. The van der Waals surface area contributed by atoms with Gasteiger partial charge in [-0.1, -0.05) is 63.2 Å². The summed E-state index contributed by atoms with van der Waals surface area (Å²) >= 11 is 0. The third-order valence-corrected chi connectivity index (χ3v) is 5.99. The zero-order valence-electron chi connectivity index (χ0n) is 17.9. The molecule has 3 aromatic rings. The third kappa shape index (κ3) is 4.14. The van der Waals surface area contributed by atoms with Crippen molar-refractivity contribution < 1.29 is 9.90 Å². The fourth-order valence-electron chi connectivity index (χ4n) is 3.58. The molecule has 1 heterocycles. The van der Waals surface area contributed by atoms with Gasteiger partial charge in [-0.3, -0.25) is 15.0 Å². The molecule has 0 aliphatic heterocycles. The second kappa shape index (κ2) is 8.79. The van der Waals surface area contributed by atoms with E-state index in [0.29, 0.717) is 29.6 Å². The molecule has 1 amide bonds. The maximum absolute atomic E-state index is 13.3. The number of para-hydroxylation sites is 1. The highest BCUT2D eigenvalue weighted by Gasteiger charge is 2.32. The number of nitrogens with one attached hydrogen (secondary N) is 1. The molecule has 1 aromatic heterocycles. The summed E-state index contributed by atoms with van der Waals surface area (Å²) in [7, 11) is 0. The Hall–Kier alpha value is -2.99. The molecular weight excluding hydrogens is 378 g/mol. The van der Waals surface area contributed by atoms with E-state index in [0.717, 1.165) is 5.56 Å². The number of fused-ring (bicyclic) bond motifs is 1. The zero-order valence-corrected chi connectivity index (χ0v) is 17.9. The van der Waals surface area contributed by atoms with E-state index >= 15 is 0 Å². The lowest BCUT2D eigenvalue weighted by Crippen LogP contribution is -2.42. The molecule has 0 aliphatic carbocycles. The molecule has 0 saturated heterocycles. The average Bonchev–Trinajstić information content (AvgIpc) is 2.76. The normalized spacial score (nSPS) is 15.4. The molecule has 3 atom stereocenters. The van der Waals surface area contributed by atoms with Crippen LogP contribution in [0.5, 0.6) is 0 Å². The van der Waals surface area contributed by atoms with Crippen LogP contribution in [-0.2, 0) is 4.79 Å². The van der Waals surface area contributed by atoms with Crippen molar-refractivity contribution in [3.8, 4) is 0 Å². The Balaban J connectivity index is 2.11. The number of nitrogens with zero attached hydrogens (tertiary/aromatic N) is 2. The molecule has 0 saturated carbocycles. The van der Waals surface area contributed by atoms with E-state index in [1.807, 2.05) is 57.2 Å². The molecule has 2 aromatic carbocycles. The van der Waals surface area contributed by atoms with Crippen LogP contribution in [-0.4, -0.2) is 26.3 Å². The van der Waals surface area contributed by atoms with Gasteiger partial charge in [0.2, 0.25) is 5.91 Å². The van der Waals surface area contributed by atoms with E-state index in [1.54, 1.807) is 25.1 Å². The summed E-state index contributed by atoms with van der Waals surface area (Å²) in [5.41, 5.74) is 2.77. The number of amides is 1. The molecule has 0 radical (unpaired) electrons. The number of benzene rings is 2. The average molecular weight is 408 g/mol. The Kier molecular flexibility index (Phi) is 6.37. The lowest BCUT2D eigenvalue weighted by atomic mass is 9.87. The minimum atomic E-state index is -1.09. The van der Waals surface area contributed by atoms with Crippen molar-refractivity contribution >= 4 is 16.8 Å². The number of carbonyl (C=O) groups excluding carboxylic acids is 1. The SMILES string of the molecule is CCC(C(=O)Nn1c(C(C)C(C)(O)CC)nc2ccccc2c1=O)c1ccccc1. The molecular formula is C24H29N3O3. The van der Waals surface area contributed by atoms with E-state index in [1.165, 1.54) is 4.68 Å². The number of hydrogen-bond donors (Lipinski definition) is 2. The van der Waals surface area contributed by atoms with Crippen molar-refractivity contribution in [2.75, 3.05) is 5.43 Å². The van der Waals surface area contributed by atoms with E-state index in [2.05, 4.69) is 10.4 Å². The summed E-state index contributed by atoms with van der Waals surface area (Å²) in [6.07, 6.45) is 1.07. The molecule has 158 valence electrons. The standard InChI is InChI=1S/C24H29N3O3/c1-5-18(17-12-8-7-9-13-17)22(28)26-27-21(16(3)24(4,30)6-2)25-20-15-11-10-14-19(20)23(27)29/h7-16,18,30H,5-6H2,1-4H3,(H,26,28). The zero-order chi connectivity index (χ0) is 21.9. The van der Waals surface area contributed by atoms with E-state index < -0.39 is 17.4 Å². The second-order valence-electron chi connectivity index (χ2n) is 7.91. The van der Waals surface area contributed by atoms with Gasteiger partial charge in [-0.15, -0.1) is 0 Å². The van der Waals surface area contributed by atoms with E-state index in [9.17, 15) is 14.7 Å². The van der Waals surface area contributed by atoms with Crippen molar-refractivity contribution in [2.24, 2.45) is 0 Å². The smallest absolute Gasteiger partial charge is 0.280 e. The van der Waals surface area contributed by atoms with Gasteiger partial charge in [-0.05, 0) is 37.5 Å². The van der Waals surface area contributed by atoms with Crippen LogP contribution in [0.2, 0.25) is 0 Å². The number of aromatic nitrogens is 2. The number of aliphatic hydroxyl groups is 1. The van der Waals surface area contributed by atoms with Crippen molar-refractivity contribution in [2.45, 2.75) is 58.0 Å². The summed E-state index contributed by atoms with van der Waals surface area (Å²) in [6.45, 7) is 7.34. The number of hydrogen-bond acceptors (Lipinski definition) is 4. The molecule has 30 heavy (non-hydrogen) atoms. The molecule has 2 N–H and O–H groups in total. The van der Waals surface area contributed by atoms with E-state index in [-0.39, 0.29) is 11.5 Å². The van der Waals surface area contributed by atoms with Gasteiger partial charge < -0.3 is 5.11 Å². The van der Waals surface area contributed by atoms with Crippen LogP contribution in [0.4, 0.5) is 0 Å². The Morgan fingerprint density at radius 3 is 2.40 bits per heavy atom. The summed E-state index contributed by atoms with van der Waals surface area (Å²) in [5.74, 6) is -0.828. The van der Waals surface area contributed by atoms with Gasteiger partial charge in [-0.25, -0.2) is 9.66 Å². The maximum Gasteiger partial charge on any atom is 0.280 e. The van der Waals surface area contributed by atoms with Gasteiger partial charge in [0.15, 0.2) is 0 Å². The first kappa shape index (κ1) is 21.7. The maximum atomic E-state index is 13.3. The lowest BCUT2D eigenvalue weighted by Gasteiger charge is -2.30. The third-order valence-electron chi connectivity index (χ3n) is 5.99. The van der Waals surface area contributed by atoms with Gasteiger partial charge in [-0.2, -0.15) is 0 Å². The van der Waals surface area contributed by atoms with Crippen LogP contribution >= 0.6 is 0 Å². The first-order valence-electron chi connectivity index (χ1n) is 10.4. The summed E-state index contributed by atoms with van der Waals surface area (Å²) in [4.78, 5) is 31.1. The Morgan fingerprint density at radius 2 is 1.77 bits per heavy atom. The van der Waals surface area contributed by atoms with Crippen LogP contribution < -0.4 is 11.0 Å². The Labute approximate surface area is 176 Å². The van der Waals surface area contributed by atoms with Gasteiger partial charge in [0.25, 0.3) is 5.56 Å². The first-order valence-corrected chi connectivity index (χ1v) is 10.4. The summed E-state index contributed by atoms with van der Waals surface area (Å²) in [6, 6.07) is 16.5. The highest BCUT2D eigenvalue weighted by atomic mass is 16.3. The molecule has 6 heteroatoms. The number of rotatable bonds is 7. The van der Waals surface area contributed by atoms with Crippen molar-refractivity contribution in [1.29, 1.82) is 0 Å². The fraction of sp³-hybridized carbons (Fsp3) is 0.375. The monoisotopic (exact) mass is 407 g/mol. The van der Waals surface area contributed by atoms with Gasteiger partial charge >= 0.3 is 0 Å². The highest BCUT2D eigenvalue weighted by Crippen LogP contribution is 2.29. The minimum Gasteiger partial charge on any atom is -0.389 e. The predicted molar refractivity (Wildman–Crippen MR) is 119 cm³/mol. The van der Waals surface area contributed by atoms with Crippen LogP contribution in [0, 0.1) is 0 Å². The van der Waals surface area contributed by atoms with Crippen LogP contribution in [0.15, 0.2) is 59.4 Å². The van der Waals surface area contributed by atoms with E-state index in [4.69, 9.17) is 0 Å². The molecule has 3 unspecified atom stereocenters. The quantitative estimate of drug-likeness (QED) is 0.622. The van der Waals surface area contributed by atoms with Crippen LogP contribution in [0.25, 0.3) is 10.9 Å². The minimum absolute atomic E-state index is 0.285. The van der Waals surface area contributed by atoms with Gasteiger partial charge in [0, 0.05) is 5.92 Å². The predicted octanol–water partition coefficient (Wildman–Crippen LogP) is 3.92. The van der Waals surface area contributed by atoms with Crippen molar-refractivity contribution in [3.05, 3.63) is 76.3 Å². The summed E-state index contributed by atoms with van der Waals surface area (Å²) in [5, 5.41) is 11.2. The fourth-order valence-corrected chi connectivity index (χ4v) is 3.58. The molecule has 0 aliphatic rings. The molecule has 0 fully saturated rings. The van der Waals surface area contributed by atoms with Crippen molar-refractivity contribution in [3.63, 3.8) is 0 Å². The molecule has 0 spiro atoms. The van der Waals surface area contributed by atoms with Crippen LogP contribution in [0.3, 0.4) is 0 Å². The Bertz CT molecular complexity index is 1090.